The van der Waals surface area contributed by atoms with Crippen LogP contribution >= 0.6 is 0 Å². The monoisotopic (exact) mass is 412 g/mol. The Hall–Kier alpha value is -3.22. The fourth-order valence-electron chi connectivity index (χ4n) is 4.79. The summed E-state index contributed by atoms with van der Waals surface area (Å²) in [4.78, 5) is 40.6. The molecule has 0 radical (unpaired) electrons. The Morgan fingerprint density at radius 3 is 2.06 bits per heavy atom. The van der Waals surface area contributed by atoms with Crippen LogP contribution in [-0.4, -0.2) is 57.5 Å². The molecular formula is C25H24N4O2. The molecule has 0 atom stereocenters. The zero-order chi connectivity index (χ0) is 21.4. The molecule has 1 fully saturated rings. The van der Waals surface area contributed by atoms with E-state index in [0.29, 0.717) is 29.9 Å². The van der Waals surface area contributed by atoms with E-state index in [1.807, 2.05) is 42.2 Å². The van der Waals surface area contributed by atoms with Crippen molar-refractivity contribution in [2.24, 2.45) is 0 Å². The second kappa shape index (κ2) is 7.80. The maximum absolute atomic E-state index is 13.8. The summed E-state index contributed by atoms with van der Waals surface area (Å²) >= 11 is 0. The molecule has 31 heavy (non-hydrogen) atoms. The van der Waals surface area contributed by atoms with Crippen molar-refractivity contribution >= 4 is 11.6 Å². The van der Waals surface area contributed by atoms with Crippen LogP contribution in [0, 0.1) is 6.92 Å². The number of aryl methyl sites for hydroxylation is 1. The summed E-state index contributed by atoms with van der Waals surface area (Å²) in [5.41, 5.74) is 2.03. The number of piperazine rings is 1. The summed E-state index contributed by atoms with van der Waals surface area (Å²) in [6.45, 7) is 5.49. The first-order chi connectivity index (χ1) is 15.1. The van der Waals surface area contributed by atoms with E-state index in [4.69, 9.17) is 0 Å². The molecule has 6 heteroatoms. The van der Waals surface area contributed by atoms with E-state index in [9.17, 15) is 9.59 Å². The highest BCUT2D eigenvalue weighted by molar-refractivity contribution is 6.32. The lowest BCUT2D eigenvalue weighted by molar-refractivity contribution is 0.0266. The van der Waals surface area contributed by atoms with Crippen LogP contribution in [-0.2, 0) is 12.1 Å². The van der Waals surface area contributed by atoms with Gasteiger partial charge in [0.25, 0.3) is 0 Å². The number of fused-ring (bicyclic) bond motifs is 1. The van der Waals surface area contributed by atoms with Gasteiger partial charge in [0.15, 0.2) is 17.1 Å². The van der Waals surface area contributed by atoms with Crippen LogP contribution in [0.5, 0.6) is 0 Å². The second-order valence-electron chi connectivity index (χ2n) is 8.21. The van der Waals surface area contributed by atoms with Gasteiger partial charge in [-0.2, -0.15) is 0 Å². The van der Waals surface area contributed by atoms with Crippen molar-refractivity contribution in [3.8, 4) is 0 Å². The Balaban J connectivity index is 1.49. The molecule has 6 nitrogen and oxygen atoms in total. The van der Waals surface area contributed by atoms with E-state index >= 15 is 0 Å². The number of benzene rings is 2. The summed E-state index contributed by atoms with van der Waals surface area (Å²) in [6.07, 6.45) is 1.45. The van der Waals surface area contributed by atoms with E-state index in [1.54, 1.807) is 18.2 Å². The summed E-state index contributed by atoms with van der Waals surface area (Å²) in [5.74, 6) is -0.356. The van der Waals surface area contributed by atoms with Crippen molar-refractivity contribution in [2.75, 3.05) is 26.2 Å². The molecule has 3 aromatic rings. The largest absolute Gasteiger partial charge is 0.297 e. The average molecular weight is 412 g/mol. The van der Waals surface area contributed by atoms with Gasteiger partial charge in [0.1, 0.15) is 6.33 Å². The van der Waals surface area contributed by atoms with Crippen molar-refractivity contribution in [1.82, 2.24) is 19.8 Å². The highest BCUT2D eigenvalue weighted by Crippen LogP contribution is 2.42. The van der Waals surface area contributed by atoms with Crippen LogP contribution in [0.3, 0.4) is 0 Å². The number of hydrogen-bond acceptors (Lipinski definition) is 6. The van der Waals surface area contributed by atoms with Crippen molar-refractivity contribution in [1.29, 1.82) is 0 Å². The van der Waals surface area contributed by atoms with Crippen molar-refractivity contribution < 1.29 is 9.59 Å². The smallest absolute Gasteiger partial charge is 0.198 e. The summed E-state index contributed by atoms with van der Waals surface area (Å²) in [5, 5.41) is 0. The molecule has 0 N–H and O–H groups in total. The summed E-state index contributed by atoms with van der Waals surface area (Å²) in [6, 6.07) is 19.2. The van der Waals surface area contributed by atoms with Crippen LogP contribution in [0.1, 0.15) is 37.7 Å². The third-order valence-corrected chi connectivity index (χ3v) is 6.34. The van der Waals surface area contributed by atoms with Crippen LogP contribution < -0.4 is 0 Å². The maximum atomic E-state index is 13.8. The Morgan fingerprint density at radius 1 is 0.839 bits per heavy atom. The number of hydrogen-bond donors (Lipinski definition) is 0. The van der Waals surface area contributed by atoms with Gasteiger partial charge in [-0.25, -0.2) is 9.97 Å². The van der Waals surface area contributed by atoms with Crippen molar-refractivity contribution in [3.05, 3.63) is 95.1 Å². The molecule has 0 amide bonds. The lowest BCUT2D eigenvalue weighted by Crippen LogP contribution is -2.60. The predicted molar refractivity (Wildman–Crippen MR) is 117 cm³/mol. The molecule has 0 spiro atoms. The Bertz CT molecular complexity index is 1100. The molecule has 0 bridgehead atoms. The van der Waals surface area contributed by atoms with Gasteiger partial charge in [-0.15, -0.1) is 0 Å². The van der Waals surface area contributed by atoms with Gasteiger partial charge in [-0.05, 0) is 18.6 Å². The average Bonchev–Trinajstić information content (AvgIpc) is 3.03. The lowest BCUT2D eigenvalue weighted by Gasteiger charge is -2.43. The number of carbonyl (C=O) groups is 2. The quantitative estimate of drug-likeness (QED) is 0.614. The molecule has 2 aromatic carbocycles. The Morgan fingerprint density at radius 2 is 1.45 bits per heavy atom. The molecule has 1 aliphatic carbocycles. The predicted octanol–water partition coefficient (Wildman–Crippen LogP) is 2.88. The third-order valence-electron chi connectivity index (χ3n) is 6.34. The van der Waals surface area contributed by atoms with E-state index in [-0.39, 0.29) is 11.6 Å². The van der Waals surface area contributed by atoms with E-state index in [2.05, 4.69) is 27.0 Å². The Labute approximate surface area is 181 Å². The standard InChI is InChI=1S/C25H24N4O2/c1-18-15-22(27-17-26-18)25(23(30)20-9-5-6-10-21(20)24(25)31)29-13-11-28(12-14-29)16-19-7-3-2-4-8-19/h2-10,15,17H,11-14,16H2,1H3. The molecule has 2 heterocycles. The first kappa shape index (κ1) is 19.7. The maximum Gasteiger partial charge on any atom is 0.198 e. The van der Waals surface area contributed by atoms with Gasteiger partial charge < -0.3 is 0 Å². The van der Waals surface area contributed by atoms with Crippen LogP contribution in [0.15, 0.2) is 67.0 Å². The van der Waals surface area contributed by atoms with Crippen molar-refractivity contribution in [3.63, 3.8) is 0 Å². The number of Topliss-reactive ketones (excluding diaryl/α,β-unsaturated/α-hetero) is 2. The van der Waals surface area contributed by atoms with Crippen LogP contribution in [0.4, 0.5) is 0 Å². The zero-order valence-electron chi connectivity index (χ0n) is 17.5. The third kappa shape index (κ3) is 3.19. The number of rotatable bonds is 4. The number of carbonyl (C=O) groups excluding carboxylic acids is 2. The number of aromatic nitrogens is 2. The highest BCUT2D eigenvalue weighted by Gasteiger charge is 2.59. The molecule has 1 aromatic heterocycles. The number of ketones is 2. The first-order valence-corrected chi connectivity index (χ1v) is 10.6. The van der Waals surface area contributed by atoms with Gasteiger partial charge in [-0.1, -0.05) is 54.6 Å². The summed E-state index contributed by atoms with van der Waals surface area (Å²) < 4.78 is 0. The fourth-order valence-corrected chi connectivity index (χ4v) is 4.79. The topological polar surface area (TPSA) is 66.4 Å². The normalized spacial score (nSPS) is 18.9. The molecule has 156 valence electrons. The van der Waals surface area contributed by atoms with Crippen molar-refractivity contribution in [2.45, 2.75) is 19.0 Å². The molecule has 1 saturated heterocycles. The van der Waals surface area contributed by atoms with Crippen LogP contribution in [0.2, 0.25) is 0 Å². The minimum atomic E-state index is -1.41. The first-order valence-electron chi connectivity index (χ1n) is 10.6. The molecular weight excluding hydrogens is 388 g/mol. The minimum Gasteiger partial charge on any atom is -0.297 e. The zero-order valence-corrected chi connectivity index (χ0v) is 17.5. The second-order valence-corrected chi connectivity index (χ2v) is 8.21. The van der Waals surface area contributed by atoms with E-state index in [1.165, 1.54) is 11.9 Å². The Kier molecular flexibility index (Phi) is 4.96. The van der Waals surface area contributed by atoms with Gasteiger partial charge in [0, 0.05) is 49.5 Å². The van der Waals surface area contributed by atoms with Gasteiger partial charge in [-0.3, -0.25) is 19.4 Å². The highest BCUT2D eigenvalue weighted by atomic mass is 16.2. The number of nitrogens with zero attached hydrogens (tertiary/aromatic N) is 4. The van der Waals surface area contributed by atoms with Gasteiger partial charge in [0.05, 0.1) is 5.69 Å². The van der Waals surface area contributed by atoms with E-state index in [0.717, 1.165) is 25.3 Å². The van der Waals surface area contributed by atoms with Gasteiger partial charge >= 0.3 is 0 Å². The molecule has 1 aliphatic heterocycles. The van der Waals surface area contributed by atoms with E-state index < -0.39 is 5.54 Å². The van der Waals surface area contributed by atoms with Gasteiger partial charge in [0.2, 0.25) is 0 Å². The SMILES string of the molecule is Cc1cc(C2(N3CCN(Cc4ccccc4)CC3)C(=O)c3ccccc3C2=O)ncn1. The summed E-state index contributed by atoms with van der Waals surface area (Å²) in [7, 11) is 0. The molecule has 2 aliphatic rings. The molecule has 0 unspecified atom stereocenters. The molecule has 0 saturated carbocycles. The van der Waals surface area contributed by atoms with Crippen LogP contribution in [0.25, 0.3) is 0 Å². The fraction of sp³-hybridized carbons (Fsp3) is 0.280. The minimum absolute atomic E-state index is 0.178. The lowest BCUT2D eigenvalue weighted by atomic mass is 9.85. The molecule has 5 rings (SSSR count).